The van der Waals surface area contributed by atoms with E-state index in [-0.39, 0.29) is 6.10 Å². The lowest BCUT2D eigenvalue weighted by Gasteiger charge is -2.25. The van der Waals surface area contributed by atoms with E-state index >= 15 is 0 Å². The molecule has 1 fully saturated rings. The third-order valence-corrected chi connectivity index (χ3v) is 2.45. The highest BCUT2D eigenvalue weighted by atomic mass is 16.3. The Bertz CT molecular complexity index is 88.7. The maximum Gasteiger partial charge on any atom is 0.0542 e. The first-order valence-electron chi connectivity index (χ1n) is 4.51. The summed E-state index contributed by atoms with van der Waals surface area (Å²) in [7, 11) is 0. The van der Waals surface area contributed by atoms with Gasteiger partial charge in [0.1, 0.15) is 0 Å². The van der Waals surface area contributed by atoms with Gasteiger partial charge in [-0.15, -0.1) is 0 Å². The lowest BCUT2D eigenvalue weighted by molar-refractivity contribution is 0.0981. The molecule has 1 aliphatic carbocycles. The second kappa shape index (κ2) is 3.97. The van der Waals surface area contributed by atoms with E-state index in [2.05, 4.69) is 6.92 Å². The summed E-state index contributed by atoms with van der Waals surface area (Å²) >= 11 is 0. The van der Waals surface area contributed by atoms with Crippen molar-refractivity contribution in [3.63, 3.8) is 0 Å². The molecule has 0 spiro atoms. The van der Waals surface area contributed by atoms with Crippen LogP contribution in [-0.4, -0.2) is 11.2 Å². The second-order valence-corrected chi connectivity index (χ2v) is 3.48. The van der Waals surface area contributed by atoms with Crippen LogP contribution in [0.1, 0.15) is 45.4 Å². The normalized spacial score (nSPS) is 34.2. The van der Waals surface area contributed by atoms with Crippen molar-refractivity contribution in [3.05, 3.63) is 0 Å². The molecular formula is C9H18O. The highest BCUT2D eigenvalue weighted by molar-refractivity contribution is 4.71. The Hall–Kier alpha value is -0.0400. The summed E-state index contributed by atoms with van der Waals surface area (Å²) in [6.07, 6.45) is 7.31. The summed E-state index contributed by atoms with van der Waals surface area (Å²) in [4.78, 5) is 0. The zero-order valence-electron chi connectivity index (χ0n) is 6.84. The van der Waals surface area contributed by atoms with Gasteiger partial charge in [0.05, 0.1) is 6.10 Å². The van der Waals surface area contributed by atoms with E-state index < -0.39 is 0 Å². The molecule has 0 amide bonds. The second-order valence-electron chi connectivity index (χ2n) is 3.48. The topological polar surface area (TPSA) is 20.2 Å². The van der Waals surface area contributed by atoms with Gasteiger partial charge in [-0.2, -0.15) is 0 Å². The van der Waals surface area contributed by atoms with Crippen molar-refractivity contribution in [1.82, 2.24) is 0 Å². The van der Waals surface area contributed by atoms with Gasteiger partial charge in [-0.25, -0.2) is 0 Å². The number of aliphatic hydroxyl groups excluding tert-OH is 1. The molecule has 0 aromatic carbocycles. The molecule has 0 aromatic heterocycles. The van der Waals surface area contributed by atoms with Gasteiger partial charge < -0.3 is 5.11 Å². The fourth-order valence-corrected chi connectivity index (χ4v) is 1.93. The molecule has 1 heteroatoms. The SMILES string of the molecule is CCC[C@@H]1CCCC(O)C1. The van der Waals surface area contributed by atoms with Crippen LogP contribution < -0.4 is 0 Å². The molecule has 1 unspecified atom stereocenters. The average Bonchev–Trinajstić information content (AvgIpc) is 1.88. The fourth-order valence-electron chi connectivity index (χ4n) is 1.93. The van der Waals surface area contributed by atoms with Crippen LogP contribution in [0.2, 0.25) is 0 Å². The molecule has 60 valence electrons. The Morgan fingerprint density at radius 3 is 2.80 bits per heavy atom. The van der Waals surface area contributed by atoms with Crippen LogP contribution in [0.4, 0.5) is 0 Å². The van der Waals surface area contributed by atoms with Gasteiger partial charge in [0.25, 0.3) is 0 Å². The van der Waals surface area contributed by atoms with E-state index in [1.165, 1.54) is 25.7 Å². The van der Waals surface area contributed by atoms with E-state index in [1.54, 1.807) is 0 Å². The van der Waals surface area contributed by atoms with Crippen LogP contribution in [0.5, 0.6) is 0 Å². The maximum atomic E-state index is 9.31. The third-order valence-electron chi connectivity index (χ3n) is 2.45. The van der Waals surface area contributed by atoms with Crippen molar-refractivity contribution in [1.29, 1.82) is 0 Å². The molecule has 1 aliphatic rings. The van der Waals surface area contributed by atoms with Crippen LogP contribution in [0.3, 0.4) is 0 Å². The van der Waals surface area contributed by atoms with Crippen molar-refractivity contribution in [2.24, 2.45) is 5.92 Å². The highest BCUT2D eigenvalue weighted by Gasteiger charge is 2.18. The molecule has 0 radical (unpaired) electrons. The predicted molar refractivity (Wildman–Crippen MR) is 42.9 cm³/mol. The van der Waals surface area contributed by atoms with Crippen molar-refractivity contribution >= 4 is 0 Å². The molecule has 0 aliphatic heterocycles. The van der Waals surface area contributed by atoms with Crippen LogP contribution in [0.25, 0.3) is 0 Å². The third kappa shape index (κ3) is 2.30. The molecule has 1 N–H and O–H groups in total. The molecule has 0 saturated heterocycles. The molecule has 1 nitrogen and oxygen atoms in total. The van der Waals surface area contributed by atoms with Crippen LogP contribution in [0, 0.1) is 5.92 Å². The summed E-state index contributed by atoms with van der Waals surface area (Å²) in [5.41, 5.74) is 0. The van der Waals surface area contributed by atoms with E-state index in [9.17, 15) is 5.11 Å². The molecule has 0 heterocycles. The Labute approximate surface area is 63.4 Å². The van der Waals surface area contributed by atoms with Crippen molar-refractivity contribution in [2.45, 2.75) is 51.6 Å². The van der Waals surface area contributed by atoms with Gasteiger partial charge in [0.15, 0.2) is 0 Å². The van der Waals surface area contributed by atoms with Crippen molar-refractivity contribution in [2.75, 3.05) is 0 Å². The molecule has 2 atom stereocenters. The zero-order valence-corrected chi connectivity index (χ0v) is 6.84. The molecule has 1 rings (SSSR count). The Morgan fingerprint density at radius 2 is 2.20 bits per heavy atom. The van der Waals surface area contributed by atoms with Gasteiger partial charge in [-0.3, -0.25) is 0 Å². The number of rotatable bonds is 2. The fraction of sp³-hybridized carbons (Fsp3) is 1.00. The van der Waals surface area contributed by atoms with Crippen LogP contribution in [0.15, 0.2) is 0 Å². The predicted octanol–water partition coefficient (Wildman–Crippen LogP) is 2.34. The maximum absolute atomic E-state index is 9.31. The van der Waals surface area contributed by atoms with E-state index in [0.717, 1.165) is 18.8 Å². The van der Waals surface area contributed by atoms with Crippen molar-refractivity contribution < 1.29 is 5.11 Å². The smallest absolute Gasteiger partial charge is 0.0542 e. The number of hydrogen-bond donors (Lipinski definition) is 1. The quantitative estimate of drug-likeness (QED) is 0.627. The summed E-state index contributed by atoms with van der Waals surface area (Å²) in [5.74, 6) is 0.828. The van der Waals surface area contributed by atoms with Gasteiger partial charge in [-0.05, 0) is 18.8 Å². The minimum Gasteiger partial charge on any atom is -0.393 e. The molecular weight excluding hydrogens is 124 g/mol. The largest absolute Gasteiger partial charge is 0.393 e. The van der Waals surface area contributed by atoms with Gasteiger partial charge in [-0.1, -0.05) is 32.6 Å². The number of aliphatic hydroxyl groups is 1. The van der Waals surface area contributed by atoms with Crippen molar-refractivity contribution in [3.8, 4) is 0 Å². The first-order valence-corrected chi connectivity index (χ1v) is 4.51. The highest BCUT2D eigenvalue weighted by Crippen LogP contribution is 2.27. The summed E-state index contributed by atoms with van der Waals surface area (Å²) in [6, 6.07) is 0. The minimum atomic E-state index is 0.0188. The lowest BCUT2D eigenvalue weighted by atomic mass is 9.85. The number of hydrogen-bond acceptors (Lipinski definition) is 1. The Balaban J connectivity index is 2.18. The molecule has 10 heavy (non-hydrogen) atoms. The molecule has 0 aromatic rings. The van der Waals surface area contributed by atoms with Crippen LogP contribution in [-0.2, 0) is 0 Å². The monoisotopic (exact) mass is 142 g/mol. The van der Waals surface area contributed by atoms with E-state index in [4.69, 9.17) is 0 Å². The van der Waals surface area contributed by atoms with Gasteiger partial charge in [0.2, 0.25) is 0 Å². The summed E-state index contributed by atoms with van der Waals surface area (Å²) in [5, 5.41) is 9.31. The van der Waals surface area contributed by atoms with Gasteiger partial charge >= 0.3 is 0 Å². The van der Waals surface area contributed by atoms with Gasteiger partial charge in [0, 0.05) is 0 Å². The van der Waals surface area contributed by atoms with E-state index in [1.807, 2.05) is 0 Å². The summed E-state index contributed by atoms with van der Waals surface area (Å²) < 4.78 is 0. The Kier molecular flexibility index (Phi) is 3.20. The minimum absolute atomic E-state index is 0.0188. The van der Waals surface area contributed by atoms with E-state index in [0.29, 0.717) is 0 Å². The Morgan fingerprint density at radius 1 is 1.40 bits per heavy atom. The molecule has 0 bridgehead atoms. The summed E-state index contributed by atoms with van der Waals surface area (Å²) in [6.45, 7) is 2.22. The lowest BCUT2D eigenvalue weighted by Crippen LogP contribution is -2.19. The standard InChI is InChI=1S/C9H18O/c1-2-4-8-5-3-6-9(10)7-8/h8-10H,2-7H2,1H3/t8-,9?/m1/s1. The molecule has 1 saturated carbocycles. The first kappa shape index (κ1) is 8.06. The van der Waals surface area contributed by atoms with Crippen LogP contribution >= 0.6 is 0 Å². The first-order chi connectivity index (χ1) is 4.83. The zero-order chi connectivity index (χ0) is 7.40. The average molecular weight is 142 g/mol.